The minimum Gasteiger partial charge on any atom is -0.378 e. The molecular weight excluding hydrogens is 202 g/mol. The lowest BCUT2D eigenvalue weighted by Crippen LogP contribution is -2.52. The van der Waals surface area contributed by atoms with Gasteiger partial charge >= 0.3 is 0 Å². The molecule has 0 aromatic heterocycles. The van der Waals surface area contributed by atoms with Gasteiger partial charge in [-0.2, -0.15) is 0 Å². The molecule has 1 heterocycles. The van der Waals surface area contributed by atoms with Crippen LogP contribution in [0.2, 0.25) is 0 Å². The molecule has 1 unspecified atom stereocenters. The number of hydrogen-bond acceptors (Lipinski definition) is 3. The van der Waals surface area contributed by atoms with Crippen LogP contribution in [0.15, 0.2) is 0 Å². The molecule has 1 saturated heterocycles. The van der Waals surface area contributed by atoms with Crippen molar-refractivity contribution >= 4 is 0 Å². The van der Waals surface area contributed by atoms with E-state index in [0.717, 1.165) is 0 Å². The van der Waals surface area contributed by atoms with E-state index < -0.39 is 6.43 Å². The molecule has 0 spiro atoms. The summed E-state index contributed by atoms with van der Waals surface area (Å²) in [6.07, 6.45) is -2.26. The summed E-state index contributed by atoms with van der Waals surface area (Å²) in [6, 6.07) is 0.454. The number of nitrogens with zero attached hydrogens (tertiary/aromatic N) is 1. The van der Waals surface area contributed by atoms with Crippen molar-refractivity contribution in [3.05, 3.63) is 0 Å². The Morgan fingerprint density at radius 1 is 1.47 bits per heavy atom. The van der Waals surface area contributed by atoms with Crippen molar-refractivity contribution < 1.29 is 13.5 Å². The molecule has 1 atom stereocenters. The van der Waals surface area contributed by atoms with E-state index in [1.165, 1.54) is 0 Å². The normalized spacial score (nSPS) is 24.0. The van der Waals surface area contributed by atoms with Gasteiger partial charge in [-0.3, -0.25) is 4.90 Å². The number of morpholine rings is 1. The number of alkyl halides is 2. The molecular formula is C10H20F2N2O. The van der Waals surface area contributed by atoms with Crippen LogP contribution in [0.4, 0.5) is 8.78 Å². The Bertz CT molecular complexity index is 179. The van der Waals surface area contributed by atoms with Crippen LogP contribution in [-0.4, -0.2) is 56.3 Å². The molecule has 0 saturated carbocycles. The predicted molar refractivity (Wildman–Crippen MR) is 55.3 cm³/mol. The van der Waals surface area contributed by atoms with Crippen LogP contribution in [0.5, 0.6) is 0 Å². The van der Waals surface area contributed by atoms with Gasteiger partial charge in [0.1, 0.15) is 0 Å². The second-order valence-electron chi connectivity index (χ2n) is 4.18. The molecule has 0 aromatic carbocycles. The fourth-order valence-corrected chi connectivity index (χ4v) is 1.67. The number of rotatable bonds is 5. The zero-order valence-electron chi connectivity index (χ0n) is 9.38. The third-order valence-electron chi connectivity index (χ3n) is 2.48. The van der Waals surface area contributed by atoms with Crippen molar-refractivity contribution in [1.82, 2.24) is 10.2 Å². The van der Waals surface area contributed by atoms with Gasteiger partial charge in [0.2, 0.25) is 0 Å². The second kappa shape index (κ2) is 6.35. The largest absolute Gasteiger partial charge is 0.378 e. The smallest absolute Gasteiger partial charge is 0.251 e. The van der Waals surface area contributed by atoms with E-state index in [1.807, 2.05) is 18.7 Å². The summed E-state index contributed by atoms with van der Waals surface area (Å²) in [7, 11) is 0. The third kappa shape index (κ3) is 4.86. The van der Waals surface area contributed by atoms with Crippen molar-refractivity contribution in [2.45, 2.75) is 32.4 Å². The van der Waals surface area contributed by atoms with E-state index in [-0.39, 0.29) is 12.6 Å². The highest BCUT2D eigenvalue weighted by Gasteiger charge is 2.25. The van der Waals surface area contributed by atoms with Gasteiger partial charge in [-0.15, -0.1) is 0 Å². The van der Waals surface area contributed by atoms with Crippen LogP contribution in [-0.2, 0) is 4.74 Å². The molecule has 0 aliphatic carbocycles. The van der Waals surface area contributed by atoms with Gasteiger partial charge in [-0.1, -0.05) is 13.8 Å². The summed E-state index contributed by atoms with van der Waals surface area (Å²) in [5.74, 6) is 0. The van der Waals surface area contributed by atoms with Gasteiger partial charge in [-0.05, 0) is 0 Å². The molecule has 0 aromatic rings. The molecule has 1 fully saturated rings. The van der Waals surface area contributed by atoms with Crippen LogP contribution in [0, 0.1) is 0 Å². The van der Waals surface area contributed by atoms with Gasteiger partial charge in [0, 0.05) is 25.2 Å². The van der Waals surface area contributed by atoms with Gasteiger partial charge < -0.3 is 10.1 Å². The predicted octanol–water partition coefficient (Wildman–Crippen LogP) is 0.950. The zero-order valence-corrected chi connectivity index (χ0v) is 9.38. The van der Waals surface area contributed by atoms with Crippen molar-refractivity contribution in [1.29, 1.82) is 0 Å². The fourth-order valence-electron chi connectivity index (χ4n) is 1.67. The zero-order chi connectivity index (χ0) is 11.3. The highest BCUT2D eigenvalue weighted by atomic mass is 19.3. The Morgan fingerprint density at radius 2 is 2.20 bits per heavy atom. The molecule has 15 heavy (non-hydrogen) atoms. The molecule has 1 aliphatic heterocycles. The van der Waals surface area contributed by atoms with Crippen LogP contribution in [0.25, 0.3) is 0 Å². The van der Waals surface area contributed by atoms with E-state index in [0.29, 0.717) is 32.3 Å². The van der Waals surface area contributed by atoms with Crippen LogP contribution < -0.4 is 5.32 Å². The van der Waals surface area contributed by atoms with Crippen LogP contribution >= 0.6 is 0 Å². The minimum absolute atomic E-state index is 0.0788. The summed E-state index contributed by atoms with van der Waals surface area (Å²) in [5.41, 5.74) is 0. The molecule has 90 valence electrons. The second-order valence-corrected chi connectivity index (χ2v) is 4.18. The van der Waals surface area contributed by atoms with Crippen LogP contribution in [0.1, 0.15) is 13.8 Å². The van der Waals surface area contributed by atoms with Gasteiger partial charge in [0.25, 0.3) is 6.43 Å². The SMILES string of the molecule is CC(C)NCC1COCCN1CC(F)F. The topological polar surface area (TPSA) is 24.5 Å². The maximum Gasteiger partial charge on any atom is 0.251 e. The standard InChI is InChI=1S/C10H20F2N2O/c1-8(2)13-5-9-7-15-4-3-14(9)6-10(11)12/h8-10,13H,3-7H2,1-2H3. The van der Waals surface area contributed by atoms with Gasteiger partial charge in [0.15, 0.2) is 0 Å². The monoisotopic (exact) mass is 222 g/mol. The quantitative estimate of drug-likeness (QED) is 0.749. The third-order valence-corrected chi connectivity index (χ3v) is 2.48. The first-order valence-electron chi connectivity index (χ1n) is 5.43. The van der Waals surface area contributed by atoms with Gasteiger partial charge in [-0.25, -0.2) is 8.78 Å². The fraction of sp³-hybridized carbons (Fsp3) is 1.00. The Hall–Kier alpha value is -0.260. The van der Waals surface area contributed by atoms with Crippen molar-refractivity contribution in [3.8, 4) is 0 Å². The number of nitrogens with one attached hydrogen (secondary N) is 1. The summed E-state index contributed by atoms with van der Waals surface area (Å²) < 4.78 is 29.9. The minimum atomic E-state index is -2.26. The van der Waals surface area contributed by atoms with E-state index in [2.05, 4.69) is 5.32 Å². The summed E-state index contributed by atoms with van der Waals surface area (Å²) in [4.78, 5) is 1.81. The Kier molecular flexibility index (Phi) is 5.42. The Balaban J connectivity index is 2.35. The average Bonchev–Trinajstić information content (AvgIpc) is 2.15. The molecule has 5 heteroatoms. The molecule has 1 N–H and O–H groups in total. The van der Waals surface area contributed by atoms with Gasteiger partial charge in [0.05, 0.1) is 19.8 Å². The van der Waals surface area contributed by atoms with E-state index in [1.54, 1.807) is 0 Å². The Morgan fingerprint density at radius 3 is 2.80 bits per heavy atom. The summed E-state index contributed by atoms with van der Waals surface area (Å²) in [6.45, 7) is 6.37. The summed E-state index contributed by atoms with van der Waals surface area (Å²) in [5, 5.41) is 3.25. The maximum atomic E-state index is 12.3. The van der Waals surface area contributed by atoms with Crippen molar-refractivity contribution in [3.63, 3.8) is 0 Å². The lowest BCUT2D eigenvalue weighted by Gasteiger charge is -2.35. The maximum absolute atomic E-state index is 12.3. The molecule has 1 aliphatic rings. The summed E-state index contributed by atoms with van der Waals surface area (Å²) >= 11 is 0. The molecule has 3 nitrogen and oxygen atoms in total. The lowest BCUT2D eigenvalue weighted by molar-refractivity contribution is -0.0321. The number of ether oxygens (including phenoxy) is 1. The first-order valence-corrected chi connectivity index (χ1v) is 5.43. The average molecular weight is 222 g/mol. The van der Waals surface area contributed by atoms with E-state index in [4.69, 9.17) is 4.74 Å². The Labute approximate surface area is 89.8 Å². The molecule has 0 radical (unpaired) electrons. The molecule has 0 amide bonds. The van der Waals surface area contributed by atoms with E-state index in [9.17, 15) is 8.78 Å². The number of halogens is 2. The highest BCUT2D eigenvalue weighted by molar-refractivity contribution is 4.78. The van der Waals surface area contributed by atoms with E-state index >= 15 is 0 Å². The van der Waals surface area contributed by atoms with Crippen molar-refractivity contribution in [2.75, 3.05) is 32.8 Å². The first kappa shape index (κ1) is 12.8. The number of hydrogen-bond donors (Lipinski definition) is 1. The molecule has 0 bridgehead atoms. The van der Waals surface area contributed by atoms with Crippen LogP contribution in [0.3, 0.4) is 0 Å². The first-order chi connectivity index (χ1) is 7.09. The van der Waals surface area contributed by atoms with Crippen molar-refractivity contribution in [2.24, 2.45) is 0 Å². The molecule has 1 rings (SSSR count). The lowest BCUT2D eigenvalue weighted by atomic mass is 10.2. The highest BCUT2D eigenvalue weighted by Crippen LogP contribution is 2.09.